The second-order valence-electron chi connectivity index (χ2n) is 5.79. The van der Waals surface area contributed by atoms with Crippen molar-refractivity contribution in [1.82, 2.24) is 15.4 Å². The smallest absolute Gasteiger partial charge is 0.273 e. The highest BCUT2D eigenvalue weighted by molar-refractivity contribution is 5.94. The molecule has 0 saturated carbocycles. The fourth-order valence-corrected chi connectivity index (χ4v) is 2.50. The predicted octanol–water partition coefficient (Wildman–Crippen LogP) is 3.00. The van der Waals surface area contributed by atoms with Crippen LogP contribution in [0.3, 0.4) is 0 Å². The molecule has 27 heavy (non-hydrogen) atoms. The van der Waals surface area contributed by atoms with E-state index in [4.69, 9.17) is 8.94 Å². The summed E-state index contributed by atoms with van der Waals surface area (Å²) in [6, 6.07) is 10.2. The molecular formula is C19H18FN3O4. The van der Waals surface area contributed by atoms with Crippen LogP contribution in [-0.2, 0) is 13.1 Å². The lowest BCUT2D eigenvalue weighted by molar-refractivity contribution is 0.0700. The zero-order valence-electron chi connectivity index (χ0n) is 14.6. The summed E-state index contributed by atoms with van der Waals surface area (Å²) in [6.07, 6.45) is 1.51. The Hall–Kier alpha value is -3.42. The van der Waals surface area contributed by atoms with Gasteiger partial charge in [0.1, 0.15) is 11.6 Å². The zero-order chi connectivity index (χ0) is 19.2. The Kier molecular flexibility index (Phi) is 5.65. The van der Waals surface area contributed by atoms with Crippen molar-refractivity contribution >= 4 is 11.8 Å². The molecule has 0 unspecified atom stereocenters. The van der Waals surface area contributed by atoms with Crippen LogP contribution in [0, 0.1) is 5.82 Å². The third kappa shape index (κ3) is 4.60. The molecule has 3 rings (SSSR count). The molecular weight excluding hydrogens is 353 g/mol. The number of hydrogen-bond acceptors (Lipinski definition) is 5. The van der Waals surface area contributed by atoms with Crippen LogP contribution < -0.4 is 5.32 Å². The first-order valence-corrected chi connectivity index (χ1v) is 8.38. The molecule has 0 spiro atoms. The van der Waals surface area contributed by atoms with Crippen LogP contribution in [0.4, 0.5) is 4.39 Å². The number of amides is 2. The second-order valence-corrected chi connectivity index (χ2v) is 5.79. The van der Waals surface area contributed by atoms with Crippen molar-refractivity contribution in [3.63, 3.8) is 0 Å². The molecule has 3 aromatic rings. The molecule has 0 aliphatic rings. The molecule has 8 heteroatoms. The van der Waals surface area contributed by atoms with Crippen LogP contribution in [0.5, 0.6) is 0 Å². The van der Waals surface area contributed by atoms with Gasteiger partial charge in [0.05, 0.1) is 19.4 Å². The van der Waals surface area contributed by atoms with Crippen molar-refractivity contribution in [2.75, 3.05) is 6.54 Å². The summed E-state index contributed by atoms with van der Waals surface area (Å²) >= 11 is 0. The molecule has 0 saturated heterocycles. The maximum Gasteiger partial charge on any atom is 0.273 e. The van der Waals surface area contributed by atoms with E-state index in [1.54, 1.807) is 19.1 Å². The van der Waals surface area contributed by atoms with Gasteiger partial charge in [-0.05, 0) is 43.3 Å². The SMILES string of the molecule is CCNC(=O)c1cc(CN(Cc2ccco2)C(=O)c2ccc(F)cc2)on1. The third-order valence-corrected chi connectivity index (χ3v) is 3.78. The minimum Gasteiger partial charge on any atom is -0.467 e. The van der Waals surface area contributed by atoms with Crippen molar-refractivity contribution in [1.29, 1.82) is 0 Å². The van der Waals surface area contributed by atoms with Gasteiger partial charge in [0.2, 0.25) is 0 Å². The lowest BCUT2D eigenvalue weighted by Crippen LogP contribution is -2.30. The molecule has 1 N–H and O–H groups in total. The fraction of sp³-hybridized carbons (Fsp3) is 0.211. The molecule has 1 aromatic carbocycles. The van der Waals surface area contributed by atoms with E-state index in [0.29, 0.717) is 23.6 Å². The van der Waals surface area contributed by atoms with Gasteiger partial charge in [-0.2, -0.15) is 0 Å². The van der Waals surface area contributed by atoms with E-state index >= 15 is 0 Å². The first-order valence-electron chi connectivity index (χ1n) is 8.38. The highest BCUT2D eigenvalue weighted by Gasteiger charge is 2.21. The fourth-order valence-electron chi connectivity index (χ4n) is 2.50. The van der Waals surface area contributed by atoms with Crippen molar-refractivity contribution in [2.24, 2.45) is 0 Å². The van der Waals surface area contributed by atoms with E-state index in [9.17, 15) is 14.0 Å². The van der Waals surface area contributed by atoms with E-state index in [-0.39, 0.29) is 30.6 Å². The highest BCUT2D eigenvalue weighted by atomic mass is 19.1. The van der Waals surface area contributed by atoms with Gasteiger partial charge < -0.3 is 19.2 Å². The van der Waals surface area contributed by atoms with Crippen molar-refractivity contribution < 1.29 is 22.9 Å². The summed E-state index contributed by atoms with van der Waals surface area (Å²) in [6.45, 7) is 2.52. The summed E-state index contributed by atoms with van der Waals surface area (Å²) in [5, 5.41) is 6.36. The summed E-state index contributed by atoms with van der Waals surface area (Å²) in [5.41, 5.74) is 0.463. The number of halogens is 1. The number of aromatic nitrogens is 1. The molecule has 0 aliphatic heterocycles. The van der Waals surface area contributed by atoms with E-state index < -0.39 is 5.82 Å². The van der Waals surface area contributed by atoms with Gasteiger partial charge >= 0.3 is 0 Å². The van der Waals surface area contributed by atoms with Crippen LogP contribution >= 0.6 is 0 Å². The Morgan fingerprint density at radius 3 is 2.56 bits per heavy atom. The Balaban J connectivity index is 1.80. The zero-order valence-corrected chi connectivity index (χ0v) is 14.6. The number of rotatable bonds is 7. The molecule has 2 amide bonds. The minimum atomic E-state index is -0.425. The van der Waals surface area contributed by atoms with E-state index in [2.05, 4.69) is 10.5 Å². The third-order valence-electron chi connectivity index (χ3n) is 3.78. The monoisotopic (exact) mass is 371 g/mol. The maximum absolute atomic E-state index is 13.1. The van der Waals surface area contributed by atoms with Crippen molar-refractivity contribution in [2.45, 2.75) is 20.0 Å². The number of carbonyl (C=O) groups is 2. The Morgan fingerprint density at radius 2 is 1.89 bits per heavy atom. The first-order chi connectivity index (χ1) is 13.1. The quantitative estimate of drug-likeness (QED) is 0.690. The number of nitrogens with zero attached hydrogens (tertiary/aromatic N) is 2. The molecule has 0 bridgehead atoms. The number of hydrogen-bond donors (Lipinski definition) is 1. The first kappa shape index (κ1) is 18.4. The Labute approximate surface area is 154 Å². The van der Waals surface area contributed by atoms with Crippen LogP contribution in [0.15, 0.2) is 57.7 Å². The number of nitrogens with one attached hydrogen (secondary N) is 1. The lowest BCUT2D eigenvalue weighted by atomic mass is 10.2. The predicted molar refractivity (Wildman–Crippen MR) is 93.2 cm³/mol. The molecule has 2 aromatic heterocycles. The van der Waals surface area contributed by atoms with Gasteiger partial charge in [0.15, 0.2) is 11.5 Å². The second kappa shape index (κ2) is 8.31. The maximum atomic E-state index is 13.1. The molecule has 0 aliphatic carbocycles. The number of furan rings is 1. The molecule has 0 atom stereocenters. The highest BCUT2D eigenvalue weighted by Crippen LogP contribution is 2.16. The Bertz CT molecular complexity index is 903. The minimum absolute atomic E-state index is 0.0727. The number of benzene rings is 1. The average molecular weight is 371 g/mol. The molecule has 140 valence electrons. The summed E-state index contributed by atoms with van der Waals surface area (Å²) in [7, 11) is 0. The van der Waals surface area contributed by atoms with Crippen LogP contribution in [0.25, 0.3) is 0 Å². The van der Waals surface area contributed by atoms with Crippen LogP contribution in [0.2, 0.25) is 0 Å². The lowest BCUT2D eigenvalue weighted by Gasteiger charge is -2.20. The molecule has 0 radical (unpaired) electrons. The summed E-state index contributed by atoms with van der Waals surface area (Å²) in [5.74, 6) is -0.185. The van der Waals surface area contributed by atoms with E-state index in [1.807, 2.05) is 0 Å². The van der Waals surface area contributed by atoms with E-state index in [0.717, 1.165) is 0 Å². The topological polar surface area (TPSA) is 88.6 Å². The van der Waals surface area contributed by atoms with Crippen molar-refractivity contribution in [3.8, 4) is 0 Å². The number of carbonyl (C=O) groups excluding carboxylic acids is 2. The Morgan fingerprint density at radius 1 is 1.15 bits per heavy atom. The van der Waals surface area contributed by atoms with Gasteiger partial charge in [0, 0.05) is 18.2 Å². The summed E-state index contributed by atoms with van der Waals surface area (Å²) < 4.78 is 23.7. The van der Waals surface area contributed by atoms with Gasteiger partial charge in [-0.15, -0.1) is 0 Å². The molecule has 0 fully saturated rings. The summed E-state index contributed by atoms with van der Waals surface area (Å²) in [4.78, 5) is 26.1. The van der Waals surface area contributed by atoms with Gasteiger partial charge in [0.25, 0.3) is 11.8 Å². The normalized spacial score (nSPS) is 10.6. The molecule has 2 heterocycles. The van der Waals surface area contributed by atoms with E-state index in [1.165, 1.54) is 41.5 Å². The van der Waals surface area contributed by atoms with Gasteiger partial charge in [-0.1, -0.05) is 5.16 Å². The van der Waals surface area contributed by atoms with Crippen molar-refractivity contribution in [3.05, 3.63) is 77.3 Å². The van der Waals surface area contributed by atoms with Crippen LogP contribution in [0.1, 0.15) is 39.3 Å². The molecule has 7 nitrogen and oxygen atoms in total. The standard InChI is InChI=1S/C19H18FN3O4/c1-2-21-18(24)17-10-16(27-22-17)12-23(11-15-4-3-9-26-15)19(25)13-5-7-14(20)8-6-13/h3-10H,2,11-12H2,1H3,(H,21,24). The largest absolute Gasteiger partial charge is 0.467 e. The van der Waals surface area contributed by atoms with Crippen LogP contribution in [-0.4, -0.2) is 28.4 Å². The van der Waals surface area contributed by atoms with Gasteiger partial charge in [-0.3, -0.25) is 9.59 Å². The van der Waals surface area contributed by atoms with Gasteiger partial charge in [-0.25, -0.2) is 4.39 Å². The average Bonchev–Trinajstić information content (AvgIpc) is 3.33.